The van der Waals surface area contributed by atoms with E-state index < -0.39 is 22.1 Å². The van der Waals surface area contributed by atoms with Gasteiger partial charge in [0.1, 0.15) is 11.3 Å². The van der Waals surface area contributed by atoms with Crippen molar-refractivity contribution in [2.24, 2.45) is 0 Å². The van der Waals surface area contributed by atoms with E-state index in [0.717, 1.165) is 0 Å². The number of carbonyl (C=O) groups is 1. The summed E-state index contributed by atoms with van der Waals surface area (Å²) in [6, 6.07) is 4.04. The van der Waals surface area contributed by atoms with Crippen LogP contribution in [-0.2, 0) is 0 Å². The first-order chi connectivity index (χ1) is 9.34. The maximum absolute atomic E-state index is 11.2. The van der Waals surface area contributed by atoms with Crippen LogP contribution in [0.4, 0.5) is 5.69 Å². The zero-order valence-electron chi connectivity index (χ0n) is 10.6. The lowest BCUT2D eigenvalue weighted by Crippen LogP contribution is -2.09. The summed E-state index contributed by atoms with van der Waals surface area (Å²) in [5.41, 5.74) is 0.190. The van der Waals surface area contributed by atoms with Crippen LogP contribution in [0.15, 0.2) is 18.2 Å². The Hall–Kier alpha value is -2.41. The van der Waals surface area contributed by atoms with Gasteiger partial charge in [-0.3, -0.25) is 10.1 Å². The zero-order valence-corrected chi connectivity index (χ0v) is 11.4. The van der Waals surface area contributed by atoms with Crippen molar-refractivity contribution in [1.82, 2.24) is 9.78 Å². The van der Waals surface area contributed by atoms with E-state index in [1.807, 2.05) is 0 Å². The van der Waals surface area contributed by atoms with Gasteiger partial charge >= 0.3 is 11.7 Å². The van der Waals surface area contributed by atoms with Gasteiger partial charge < -0.3 is 5.11 Å². The molecule has 0 unspecified atom stereocenters. The molecule has 1 heterocycles. The molecule has 0 spiro atoms. The van der Waals surface area contributed by atoms with Crippen LogP contribution in [0.3, 0.4) is 0 Å². The monoisotopic (exact) mass is 295 g/mol. The minimum Gasteiger partial charge on any atom is -0.477 e. The Bertz CT molecular complexity index is 724. The number of aromatic nitrogens is 2. The van der Waals surface area contributed by atoms with E-state index in [0.29, 0.717) is 16.4 Å². The van der Waals surface area contributed by atoms with Crippen LogP contribution >= 0.6 is 11.6 Å². The quantitative estimate of drug-likeness (QED) is 0.693. The van der Waals surface area contributed by atoms with Crippen LogP contribution in [-0.4, -0.2) is 25.8 Å². The molecule has 7 nitrogen and oxygen atoms in total. The smallest absolute Gasteiger partial charge is 0.342 e. The lowest BCUT2D eigenvalue weighted by atomic mass is 10.1. The second-order valence-corrected chi connectivity index (χ2v) is 4.51. The molecule has 1 N–H and O–H groups in total. The van der Waals surface area contributed by atoms with Crippen molar-refractivity contribution in [3.63, 3.8) is 0 Å². The number of carboxylic acids is 1. The number of rotatable bonds is 3. The highest BCUT2D eigenvalue weighted by Crippen LogP contribution is 2.30. The van der Waals surface area contributed by atoms with E-state index in [4.69, 9.17) is 16.7 Å². The molecule has 0 aliphatic rings. The zero-order chi connectivity index (χ0) is 15.0. The molecule has 0 aliphatic heterocycles. The van der Waals surface area contributed by atoms with Gasteiger partial charge in [-0.25, -0.2) is 9.48 Å². The maximum atomic E-state index is 11.2. The third-order valence-corrected chi connectivity index (χ3v) is 3.41. The molecule has 2 aromatic rings. The van der Waals surface area contributed by atoms with Crippen molar-refractivity contribution in [3.05, 3.63) is 50.3 Å². The van der Waals surface area contributed by atoms with Crippen LogP contribution in [0.5, 0.6) is 0 Å². The number of hydrogen-bond acceptors (Lipinski definition) is 4. The average molecular weight is 296 g/mol. The highest BCUT2D eigenvalue weighted by atomic mass is 35.5. The Labute approximate surface area is 118 Å². The van der Waals surface area contributed by atoms with Crippen molar-refractivity contribution in [2.45, 2.75) is 13.8 Å². The summed E-state index contributed by atoms with van der Waals surface area (Å²) in [4.78, 5) is 21.6. The Balaban J connectivity index is 2.80. The molecule has 1 aromatic heterocycles. The molecule has 0 amide bonds. The van der Waals surface area contributed by atoms with Crippen LogP contribution < -0.4 is 0 Å². The first-order valence-corrected chi connectivity index (χ1v) is 5.95. The van der Waals surface area contributed by atoms with Gasteiger partial charge in [0.25, 0.3) is 0 Å². The fourth-order valence-electron chi connectivity index (χ4n) is 1.92. The molecule has 0 atom stereocenters. The summed E-state index contributed by atoms with van der Waals surface area (Å²) in [5.74, 6) is -1.37. The fraction of sp³-hybridized carbons (Fsp3) is 0.167. The molecule has 0 fully saturated rings. The largest absolute Gasteiger partial charge is 0.477 e. The number of nitro groups is 1. The molecular weight excluding hydrogens is 286 g/mol. The van der Waals surface area contributed by atoms with Gasteiger partial charge in [-0.2, -0.15) is 5.10 Å². The molecule has 20 heavy (non-hydrogen) atoms. The third-order valence-electron chi connectivity index (χ3n) is 2.86. The molecule has 0 radical (unpaired) electrons. The maximum Gasteiger partial charge on any atom is 0.342 e. The second kappa shape index (κ2) is 4.93. The van der Waals surface area contributed by atoms with E-state index in [1.54, 1.807) is 13.8 Å². The number of carboxylic acid groups (broad SMARTS) is 1. The van der Waals surface area contributed by atoms with Crippen LogP contribution in [0.25, 0.3) is 5.69 Å². The summed E-state index contributed by atoms with van der Waals surface area (Å²) in [6.07, 6.45) is 0. The standard InChI is InChI=1S/C12H10ClN3O4/c1-6-10(13)7(2)15(14-6)9-5-3-4-8(12(17)18)11(9)16(19)20/h3-5H,1-2H3,(H,17,18). The number of hydrogen-bond donors (Lipinski definition) is 1. The van der Waals surface area contributed by atoms with Gasteiger partial charge in [0, 0.05) is 0 Å². The number of aromatic carboxylic acids is 1. The van der Waals surface area contributed by atoms with Gasteiger partial charge in [-0.05, 0) is 26.0 Å². The SMILES string of the molecule is Cc1nn(-c2cccc(C(=O)O)c2[N+](=O)[O-])c(C)c1Cl. The normalized spacial score (nSPS) is 10.6. The molecule has 1 aromatic carbocycles. The Morgan fingerprint density at radius 2 is 2.10 bits per heavy atom. The van der Waals surface area contributed by atoms with Gasteiger partial charge in [-0.1, -0.05) is 17.7 Å². The molecule has 2 rings (SSSR count). The molecule has 0 saturated carbocycles. The van der Waals surface area contributed by atoms with E-state index in [9.17, 15) is 14.9 Å². The number of para-hydroxylation sites is 1. The lowest BCUT2D eigenvalue weighted by Gasteiger charge is -2.07. The summed E-state index contributed by atoms with van der Waals surface area (Å²) < 4.78 is 1.28. The van der Waals surface area contributed by atoms with Gasteiger partial charge in [0.2, 0.25) is 0 Å². The summed E-state index contributed by atoms with van der Waals surface area (Å²) in [7, 11) is 0. The van der Waals surface area contributed by atoms with Crippen molar-refractivity contribution in [1.29, 1.82) is 0 Å². The molecule has 104 valence electrons. The highest BCUT2D eigenvalue weighted by Gasteiger charge is 2.27. The Morgan fingerprint density at radius 3 is 2.55 bits per heavy atom. The average Bonchev–Trinajstić information content (AvgIpc) is 2.65. The van der Waals surface area contributed by atoms with E-state index >= 15 is 0 Å². The van der Waals surface area contributed by atoms with Crippen LogP contribution in [0.2, 0.25) is 5.02 Å². The second-order valence-electron chi connectivity index (χ2n) is 4.13. The first kappa shape index (κ1) is 14.0. The molecule has 0 bridgehead atoms. The van der Waals surface area contributed by atoms with Gasteiger partial charge in [-0.15, -0.1) is 0 Å². The number of nitro benzene ring substituents is 1. The Morgan fingerprint density at radius 1 is 1.45 bits per heavy atom. The summed E-state index contributed by atoms with van der Waals surface area (Å²) in [5, 5.41) is 24.7. The molecule has 0 aliphatic carbocycles. The minimum absolute atomic E-state index is 0.0717. The van der Waals surface area contributed by atoms with Gasteiger partial charge in [0.15, 0.2) is 0 Å². The minimum atomic E-state index is -1.37. The fourth-order valence-corrected chi connectivity index (χ4v) is 2.04. The molecule has 0 saturated heterocycles. The van der Waals surface area contributed by atoms with Crippen molar-refractivity contribution in [2.75, 3.05) is 0 Å². The summed E-state index contributed by atoms with van der Waals surface area (Å²) >= 11 is 6.01. The topological polar surface area (TPSA) is 98.3 Å². The highest BCUT2D eigenvalue weighted by molar-refractivity contribution is 6.31. The van der Waals surface area contributed by atoms with Crippen LogP contribution in [0.1, 0.15) is 21.7 Å². The summed E-state index contributed by atoms with van der Waals surface area (Å²) in [6.45, 7) is 3.32. The number of aryl methyl sites for hydroxylation is 1. The number of halogens is 1. The van der Waals surface area contributed by atoms with Gasteiger partial charge in [0.05, 0.1) is 21.3 Å². The number of benzene rings is 1. The van der Waals surface area contributed by atoms with E-state index in [1.165, 1.54) is 22.9 Å². The van der Waals surface area contributed by atoms with Crippen molar-refractivity contribution < 1.29 is 14.8 Å². The third kappa shape index (κ3) is 2.12. The molecule has 8 heteroatoms. The molecular formula is C12H10ClN3O4. The number of nitrogens with zero attached hydrogens (tertiary/aromatic N) is 3. The van der Waals surface area contributed by atoms with E-state index in [-0.39, 0.29) is 5.69 Å². The van der Waals surface area contributed by atoms with Crippen LogP contribution in [0, 0.1) is 24.0 Å². The Kier molecular flexibility index (Phi) is 3.46. The van der Waals surface area contributed by atoms with Crippen molar-refractivity contribution in [3.8, 4) is 5.69 Å². The lowest BCUT2D eigenvalue weighted by molar-refractivity contribution is -0.385. The van der Waals surface area contributed by atoms with Crippen molar-refractivity contribution >= 4 is 23.3 Å². The first-order valence-electron chi connectivity index (χ1n) is 5.57. The predicted octanol–water partition coefficient (Wildman–Crippen LogP) is 2.75. The van der Waals surface area contributed by atoms with E-state index in [2.05, 4.69) is 5.10 Å². The predicted molar refractivity (Wildman–Crippen MR) is 71.7 cm³/mol.